The first-order chi connectivity index (χ1) is 14.9. The summed E-state index contributed by atoms with van der Waals surface area (Å²) < 4.78 is 5.82. The summed E-state index contributed by atoms with van der Waals surface area (Å²) >= 11 is 8.08. The van der Waals surface area contributed by atoms with Crippen LogP contribution in [0.4, 0.5) is 0 Å². The highest BCUT2D eigenvalue weighted by Gasteiger charge is 2.33. The SMILES string of the molecule is NC(CO)(CCc1cccc(Sc2ccc(OCc3ccccc3)cc2)c1Cl)C(=O)O. The van der Waals surface area contributed by atoms with Crippen molar-refractivity contribution in [3.05, 3.63) is 88.9 Å². The molecular weight excluding hydrogens is 434 g/mol. The molecule has 0 aromatic heterocycles. The molecule has 0 bridgehead atoms. The van der Waals surface area contributed by atoms with Gasteiger partial charge in [0, 0.05) is 9.79 Å². The molecule has 0 amide bonds. The van der Waals surface area contributed by atoms with E-state index in [2.05, 4.69) is 0 Å². The van der Waals surface area contributed by atoms with Gasteiger partial charge in [-0.2, -0.15) is 0 Å². The first kappa shape index (κ1) is 23.2. The van der Waals surface area contributed by atoms with Gasteiger partial charge in [0.1, 0.15) is 17.9 Å². The number of halogens is 1. The Morgan fingerprint density at radius 3 is 2.39 bits per heavy atom. The summed E-state index contributed by atoms with van der Waals surface area (Å²) in [5, 5.41) is 19.1. The molecule has 3 aromatic rings. The van der Waals surface area contributed by atoms with Crippen molar-refractivity contribution in [1.82, 2.24) is 0 Å². The molecule has 1 atom stereocenters. The van der Waals surface area contributed by atoms with Gasteiger partial charge in [0.05, 0.1) is 11.6 Å². The third-order valence-electron chi connectivity index (χ3n) is 4.89. The van der Waals surface area contributed by atoms with E-state index in [-0.39, 0.29) is 6.42 Å². The van der Waals surface area contributed by atoms with E-state index >= 15 is 0 Å². The fraction of sp³-hybridized carbons (Fsp3) is 0.208. The summed E-state index contributed by atoms with van der Waals surface area (Å²) in [6.07, 6.45) is 0.434. The molecule has 1 unspecified atom stereocenters. The molecule has 0 saturated heterocycles. The number of aliphatic carboxylic acids is 1. The zero-order valence-corrected chi connectivity index (χ0v) is 18.4. The number of hydrogen-bond donors (Lipinski definition) is 3. The summed E-state index contributed by atoms with van der Waals surface area (Å²) in [6.45, 7) is -0.124. The zero-order chi connectivity index (χ0) is 22.3. The van der Waals surface area contributed by atoms with Gasteiger partial charge in [-0.1, -0.05) is 65.8 Å². The van der Waals surface area contributed by atoms with Crippen LogP contribution in [0.5, 0.6) is 5.75 Å². The Morgan fingerprint density at radius 1 is 1.03 bits per heavy atom. The predicted octanol–water partition coefficient (Wildman–Crippen LogP) is 4.78. The molecule has 3 aromatic carbocycles. The maximum Gasteiger partial charge on any atom is 0.326 e. The maximum atomic E-state index is 11.3. The van der Waals surface area contributed by atoms with Crippen LogP contribution in [0, 0.1) is 0 Å². The molecule has 0 spiro atoms. The molecule has 0 fully saturated rings. The predicted molar refractivity (Wildman–Crippen MR) is 123 cm³/mol. The van der Waals surface area contributed by atoms with Crippen LogP contribution in [0.1, 0.15) is 17.5 Å². The molecule has 3 rings (SSSR count). The normalized spacial score (nSPS) is 12.9. The molecule has 5 nitrogen and oxygen atoms in total. The average molecular weight is 458 g/mol. The van der Waals surface area contributed by atoms with Crippen LogP contribution in [0.3, 0.4) is 0 Å². The van der Waals surface area contributed by atoms with E-state index in [1.807, 2.05) is 72.8 Å². The van der Waals surface area contributed by atoms with E-state index in [1.54, 1.807) is 0 Å². The Labute approximate surface area is 190 Å². The number of nitrogens with two attached hydrogens (primary N) is 1. The van der Waals surface area contributed by atoms with Gasteiger partial charge < -0.3 is 20.7 Å². The van der Waals surface area contributed by atoms with Gasteiger partial charge >= 0.3 is 5.97 Å². The highest BCUT2D eigenvalue weighted by molar-refractivity contribution is 7.99. The van der Waals surface area contributed by atoms with Crippen molar-refractivity contribution in [1.29, 1.82) is 0 Å². The molecule has 31 heavy (non-hydrogen) atoms. The molecule has 4 N–H and O–H groups in total. The molecular formula is C24H24ClNO4S. The van der Waals surface area contributed by atoms with Crippen molar-refractivity contribution in [3.63, 3.8) is 0 Å². The number of carboxylic acids is 1. The van der Waals surface area contributed by atoms with Gasteiger partial charge in [-0.05, 0) is 54.3 Å². The Bertz CT molecular complexity index is 1010. The molecule has 0 aliphatic carbocycles. The summed E-state index contributed by atoms with van der Waals surface area (Å²) in [6, 6.07) is 23.4. The zero-order valence-electron chi connectivity index (χ0n) is 16.8. The number of hydrogen-bond acceptors (Lipinski definition) is 5. The average Bonchev–Trinajstić information content (AvgIpc) is 2.79. The number of aliphatic hydroxyl groups excluding tert-OH is 1. The van der Waals surface area contributed by atoms with Gasteiger partial charge in [0.2, 0.25) is 0 Å². The van der Waals surface area contributed by atoms with Crippen LogP contribution in [0.2, 0.25) is 5.02 Å². The fourth-order valence-electron chi connectivity index (χ4n) is 2.91. The first-order valence-electron chi connectivity index (χ1n) is 9.76. The lowest BCUT2D eigenvalue weighted by Gasteiger charge is -2.22. The number of rotatable bonds is 10. The van der Waals surface area contributed by atoms with Crippen LogP contribution in [-0.4, -0.2) is 28.3 Å². The minimum Gasteiger partial charge on any atom is -0.489 e. The molecule has 0 aliphatic heterocycles. The number of carboxylic acid groups (broad SMARTS) is 1. The van der Waals surface area contributed by atoms with Gasteiger partial charge in [0.15, 0.2) is 0 Å². The monoisotopic (exact) mass is 457 g/mol. The topological polar surface area (TPSA) is 92.8 Å². The molecule has 0 saturated carbocycles. The highest BCUT2D eigenvalue weighted by atomic mass is 35.5. The van der Waals surface area contributed by atoms with Gasteiger partial charge in [0.25, 0.3) is 0 Å². The minimum atomic E-state index is -1.68. The summed E-state index contributed by atoms with van der Waals surface area (Å²) in [5.41, 5.74) is 5.98. The van der Waals surface area contributed by atoms with E-state index < -0.39 is 18.1 Å². The van der Waals surface area contributed by atoms with Crippen LogP contribution in [0.25, 0.3) is 0 Å². The third kappa shape index (κ3) is 6.24. The largest absolute Gasteiger partial charge is 0.489 e. The van der Waals surface area contributed by atoms with Crippen molar-refractivity contribution in [2.45, 2.75) is 34.8 Å². The number of ether oxygens (including phenoxy) is 1. The van der Waals surface area contributed by atoms with Gasteiger partial charge in [-0.25, -0.2) is 0 Å². The second-order valence-electron chi connectivity index (χ2n) is 7.20. The van der Waals surface area contributed by atoms with Crippen LogP contribution < -0.4 is 10.5 Å². The Kier molecular flexibility index (Phi) is 7.98. The molecule has 0 heterocycles. The standard InChI is InChI=1S/C24H24ClNO4S/c25-22-18(13-14-24(26,16-27)23(28)29)7-4-8-21(22)31-20-11-9-19(10-12-20)30-15-17-5-2-1-3-6-17/h1-12,27H,13-16,26H2,(H,28,29). The second kappa shape index (κ2) is 10.7. The smallest absolute Gasteiger partial charge is 0.326 e. The van der Waals surface area contributed by atoms with E-state index in [0.29, 0.717) is 18.1 Å². The van der Waals surface area contributed by atoms with Crippen molar-refractivity contribution in [2.24, 2.45) is 5.73 Å². The van der Waals surface area contributed by atoms with Crippen LogP contribution >= 0.6 is 23.4 Å². The number of benzene rings is 3. The highest BCUT2D eigenvalue weighted by Crippen LogP contribution is 2.36. The van der Waals surface area contributed by atoms with Crippen LogP contribution in [0.15, 0.2) is 82.6 Å². The molecule has 0 radical (unpaired) electrons. The van der Waals surface area contributed by atoms with Crippen molar-refractivity contribution >= 4 is 29.3 Å². The van der Waals surface area contributed by atoms with Gasteiger partial charge in [-0.15, -0.1) is 0 Å². The van der Waals surface area contributed by atoms with E-state index in [0.717, 1.165) is 26.7 Å². The molecule has 0 aliphatic rings. The Hall–Kier alpha value is -2.51. The molecule has 7 heteroatoms. The number of carbonyl (C=O) groups is 1. The minimum absolute atomic E-state index is 0.0835. The van der Waals surface area contributed by atoms with E-state index in [1.165, 1.54) is 11.8 Å². The summed E-state index contributed by atoms with van der Waals surface area (Å²) in [5.74, 6) is -0.448. The maximum absolute atomic E-state index is 11.3. The summed E-state index contributed by atoms with van der Waals surface area (Å²) in [4.78, 5) is 13.1. The van der Waals surface area contributed by atoms with E-state index in [4.69, 9.17) is 22.1 Å². The Balaban J connectivity index is 1.63. The Morgan fingerprint density at radius 2 is 1.74 bits per heavy atom. The second-order valence-corrected chi connectivity index (χ2v) is 8.69. The lowest BCUT2D eigenvalue weighted by atomic mass is 9.93. The number of aryl methyl sites for hydroxylation is 1. The number of aliphatic hydroxyl groups is 1. The first-order valence-corrected chi connectivity index (χ1v) is 11.0. The lowest BCUT2D eigenvalue weighted by Crippen LogP contribution is -2.51. The van der Waals surface area contributed by atoms with Crippen molar-refractivity contribution < 1.29 is 19.7 Å². The van der Waals surface area contributed by atoms with Gasteiger partial charge in [-0.3, -0.25) is 4.79 Å². The van der Waals surface area contributed by atoms with Crippen molar-refractivity contribution in [3.8, 4) is 5.75 Å². The third-order valence-corrected chi connectivity index (χ3v) is 6.52. The van der Waals surface area contributed by atoms with Crippen molar-refractivity contribution in [2.75, 3.05) is 6.61 Å². The summed E-state index contributed by atoms with van der Waals surface area (Å²) in [7, 11) is 0. The quantitative estimate of drug-likeness (QED) is 0.406. The fourth-order valence-corrected chi connectivity index (χ4v) is 4.14. The lowest BCUT2D eigenvalue weighted by molar-refractivity contribution is -0.145. The van der Waals surface area contributed by atoms with Crippen LogP contribution in [-0.2, 0) is 17.8 Å². The molecule has 162 valence electrons. The van der Waals surface area contributed by atoms with E-state index in [9.17, 15) is 15.0 Å².